The second-order valence-corrected chi connectivity index (χ2v) is 8.42. The molecule has 0 saturated carbocycles. The van der Waals surface area contributed by atoms with Crippen molar-refractivity contribution in [1.82, 2.24) is 9.47 Å². The topological polar surface area (TPSA) is 127 Å². The van der Waals surface area contributed by atoms with Gasteiger partial charge in [-0.25, -0.2) is 4.79 Å². The number of esters is 1. The lowest BCUT2D eigenvalue weighted by atomic mass is 9.63. The van der Waals surface area contributed by atoms with Crippen molar-refractivity contribution in [3.63, 3.8) is 0 Å². The fraction of sp³-hybridized carbons (Fsp3) is 0.545. The second-order valence-electron chi connectivity index (χ2n) is 8.42. The van der Waals surface area contributed by atoms with Gasteiger partial charge in [0.1, 0.15) is 0 Å². The van der Waals surface area contributed by atoms with Gasteiger partial charge in [0.15, 0.2) is 6.19 Å². The number of rotatable bonds is 5. The Morgan fingerprint density at radius 3 is 2.94 bits per heavy atom. The summed E-state index contributed by atoms with van der Waals surface area (Å²) in [6, 6.07) is 7.28. The number of hydrogen-bond donors (Lipinski definition) is 1. The minimum Gasteiger partial charge on any atom is -0.465 e. The van der Waals surface area contributed by atoms with Gasteiger partial charge >= 0.3 is 5.97 Å². The van der Waals surface area contributed by atoms with Crippen molar-refractivity contribution in [2.24, 2.45) is 10.5 Å². The Hall–Kier alpha value is -3.21. The van der Waals surface area contributed by atoms with Crippen LogP contribution in [0.4, 0.5) is 0 Å². The maximum absolute atomic E-state index is 13.0. The van der Waals surface area contributed by atoms with Crippen LogP contribution in [-0.4, -0.2) is 40.7 Å². The van der Waals surface area contributed by atoms with E-state index in [0.29, 0.717) is 24.9 Å². The van der Waals surface area contributed by atoms with E-state index < -0.39 is 17.1 Å². The summed E-state index contributed by atoms with van der Waals surface area (Å²) in [5.74, 6) is -0.712. The molecule has 31 heavy (non-hydrogen) atoms. The lowest BCUT2D eigenvalue weighted by molar-refractivity contribution is -0.191. The molecule has 2 aliphatic heterocycles. The quantitative estimate of drug-likeness (QED) is 0.258. The van der Waals surface area contributed by atoms with Gasteiger partial charge in [-0.2, -0.15) is 5.26 Å². The number of nitriles is 1. The van der Waals surface area contributed by atoms with E-state index in [-0.39, 0.29) is 19.0 Å². The van der Waals surface area contributed by atoms with E-state index in [4.69, 9.17) is 10.3 Å². The highest BCUT2D eigenvalue weighted by molar-refractivity contribution is 5.89. The van der Waals surface area contributed by atoms with Gasteiger partial charge in [-0.05, 0) is 42.8 Å². The highest BCUT2D eigenvalue weighted by atomic mass is 16.5. The number of fused-ring (bicyclic) bond motifs is 5. The van der Waals surface area contributed by atoms with Crippen LogP contribution in [0.1, 0.15) is 49.9 Å². The van der Waals surface area contributed by atoms with Crippen LogP contribution in [0.5, 0.6) is 0 Å². The molecule has 0 bridgehead atoms. The maximum Gasteiger partial charge on any atom is 0.359 e. The number of likely N-dealkylation sites (tertiary alicyclic amines) is 1. The lowest BCUT2D eigenvalue weighted by Gasteiger charge is -2.55. The molecule has 0 unspecified atom stereocenters. The minimum absolute atomic E-state index is 0.174. The third kappa shape index (κ3) is 2.94. The summed E-state index contributed by atoms with van der Waals surface area (Å²) >= 11 is 0. The molecule has 0 aliphatic carbocycles. The Kier molecular flexibility index (Phi) is 5.29. The van der Waals surface area contributed by atoms with Crippen LogP contribution in [-0.2, 0) is 21.7 Å². The van der Waals surface area contributed by atoms with E-state index >= 15 is 0 Å². The van der Waals surface area contributed by atoms with Crippen molar-refractivity contribution in [2.75, 3.05) is 20.2 Å². The van der Waals surface area contributed by atoms with Crippen LogP contribution >= 0.6 is 0 Å². The molecule has 2 aliphatic rings. The minimum atomic E-state index is -1.88. The first-order chi connectivity index (χ1) is 15.0. The summed E-state index contributed by atoms with van der Waals surface area (Å²) in [4.78, 5) is 17.7. The van der Waals surface area contributed by atoms with Crippen molar-refractivity contribution in [3.8, 4) is 6.19 Å². The van der Waals surface area contributed by atoms with Crippen molar-refractivity contribution < 1.29 is 14.6 Å². The zero-order valence-corrected chi connectivity index (χ0v) is 17.8. The van der Waals surface area contributed by atoms with E-state index in [1.165, 1.54) is 7.11 Å². The van der Waals surface area contributed by atoms with Crippen molar-refractivity contribution in [3.05, 3.63) is 46.0 Å². The van der Waals surface area contributed by atoms with Gasteiger partial charge in [0, 0.05) is 40.9 Å². The SMILES string of the molecule is CC[C@@]12CCCN(C#N)[C@@H]1c1c(CCN=[N+]=[N-])c3ccccc3n1[C@@](O)(C(=O)OC)C2. The first-order valence-corrected chi connectivity index (χ1v) is 10.6. The molecule has 162 valence electrons. The first kappa shape index (κ1) is 21.0. The zero-order chi connectivity index (χ0) is 22.2. The number of methoxy groups -OCH3 is 1. The lowest BCUT2D eigenvalue weighted by Crippen LogP contribution is -2.58. The maximum atomic E-state index is 13.0. The predicted molar refractivity (Wildman–Crippen MR) is 113 cm³/mol. The number of azide groups is 1. The molecule has 1 saturated heterocycles. The van der Waals surface area contributed by atoms with E-state index in [1.54, 1.807) is 9.47 Å². The van der Waals surface area contributed by atoms with Crippen molar-refractivity contribution in [1.29, 1.82) is 5.26 Å². The number of aromatic nitrogens is 1. The zero-order valence-electron chi connectivity index (χ0n) is 17.8. The number of benzene rings is 1. The molecule has 2 aromatic rings. The largest absolute Gasteiger partial charge is 0.465 e. The monoisotopic (exact) mass is 422 g/mol. The molecular weight excluding hydrogens is 396 g/mol. The van der Waals surface area contributed by atoms with Crippen LogP contribution in [0.15, 0.2) is 29.4 Å². The number of aliphatic hydroxyl groups is 1. The van der Waals surface area contributed by atoms with Crippen LogP contribution in [0.2, 0.25) is 0 Å². The molecular formula is C22H26N6O3. The number of nitrogens with zero attached hydrogens (tertiary/aromatic N) is 6. The molecule has 3 atom stereocenters. The summed E-state index contributed by atoms with van der Waals surface area (Å²) in [5.41, 5.74) is 8.78. The highest BCUT2D eigenvalue weighted by Crippen LogP contribution is 2.59. The van der Waals surface area contributed by atoms with E-state index in [1.807, 2.05) is 31.2 Å². The predicted octanol–water partition coefficient (Wildman–Crippen LogP) is 3.73. The summed E-state index contributed by atoms with van der Waals surface area (Å²) in [6.07, 6.45) is 5.28. The standard InChI is InChI=1S/C22H26N6O3/c1-3-21-10-6-12-27(14-23)19(21)18-16(9-11-25-26-24)15-7-4-5-8-17(15)28(18)22(30,13-21)20(29)31-2/h4-5,7-8,19,30H,3,6,9-13H2,1-2H3/t19-,21+,22+/m1/s1. The van der Waals surface area contributed by atoms with E-state index in [2.05, 4.69) is 16.2 Å². The average Bonchev–Trinajstić information content (AvgIpc) is 3.13. The molecule has 3 heterocycles. The second kappa shape index (κ2) is 7.80. The number of carbonyl (C=O) groups excluding carboxylic acids is 1. The average molecular weight is 422 g/mol. The summed E-state index contributed by atoms with van der Waals surface area (Å²) < 4.78 is 6.75. The van der Waals surface area contributed by atoms with Gasteiger partial charge in [-0.3, -0.25) is 0 Å². The number of hydrogen-bond acceptors (Lipinski definition) is 6. The van der Waals surface area contributed by atoms with Gasteiger partial charge in [-0.15, -0.1) is 0 Å². The summed E-state index contributed by atoms with van der Waals surface area (Å²) in [5, 5.41) is 26.4. The normalized spacial score (nSPS) is 27.0. The van der Waals surface area contributed by atoms with Gasteiger partial charge in [0.05, 0.1) is 18.7 Å². The molecule has 1 aromatic carbocycles. The van der Waals surface area contributed by atoms with Crippen LogP contribution in [0, 0.1) is 16.9 Å². The van der Waals surface area contributed by atoms with Gasteiger partial charge in [-0.1, -0.05) is 30.2 Å². The molecule has 1 fully saturated rings. The van der Waals surface area contributed by atoms with Crippen LogP contribution in [0.3, 0.4) is 0 Å². The Balaban J connectivity index is 2.10. The molecule has 0 spiro atoms. The number of para-hydroxylation sites is 1. The molecule has 9 nitrogen and oxygen atoms in total. The summed E-state index contributed by atoms with van der Waals surface area (Å²) in [7, 11) is 1.28. The molecule has 0 amide bonds. The van der Waals surface area contributed by atoms with Gasteiger partial charge in [0.2, 0.25) is 5.72 Å². The Morgan fingerprint density at radius 1 is 1.48 bits per heavy atom. The third-order valence-electron chi connectivity index (χ3n) is 7.08. The molecule has 4 rings (SSSR count). The smallest absolute Gasteiger partial charge is 0.359 e. The van der Waals surface area contributed by atoms with Crippen LogP contribution in [0.25, 0.3) is 21.3 Å². The summed E-state index contributed by atoms with van der Waals surface area (Å²) in [6.45, 7) is 2.91. The molecule has 0 radical (unpaired) electrons. The number of ether oxygens (including phenoxy) is 1. The third-order valence-corrected chi connectivity index (χ3v) is 7.08. The number of piperidine rings is 1. The Bertz CT molecular complexity index is 1110. The molecule has 1 aromatic heterocycles. The fourth-order valence-electron chi connectivity index (χ4n) is 5.80. The van der Waals surface area contributed by atoms with E-state index in [9.17, 15) is 15.2 Å². The van der Waals surface area contributed by atoms with Crippen molar-refractivity contribution >= 4 is 16.9 Å². The Labute approximate surface area is 180 Å². The van der Waals surface area contributed by atoms with Crippen molar-refractivity contribution in [2.45, 2.75) is 50.8 Å². The molecule has 9 heteroatoms. The Morgan fingerprint density at radius 2 is 2.26 bits per heavy atom. The number of carbonyl (C=O) groups is 1. The van der Waals surface area contributed by atoms with Crippen LogP contribution < -0.4 is 0 Å². The van der Waals surface area contributed by atoms with Gasteiger partial charge in [0.25, 0.3) is 0 Å². The first-order valence-electron chi connectivity index (χ1n) is 10.6. The molecule has 1 N–H and O–H groups in total. The highest BCUT2D eigenvalue weighted by Gasteiger charge is 2.59. The van der Waals surface area contributed by atoms with Gasteiger partial charge < -0.3 is 19.3 Å². The van der Waals surface area contributed by atoms with E-state index in [0.717, 1.165) is 29.5 Å². The fourth-order valence-corrected chi connectivity index (χ4v) is 5.80.